The van der Waals surface area contributed by atoms with Crippen LogP contribution in [0.25, 0.3) is 0 Å². The average molecular weight is 936 g/mol. The van der Waals surface area contributed by atoms with Crippen molar-refractivity contribution >= 4 is 5.91 Å². The van der Waals surface area contributed by atoms with E-state index < -0.39 is 49.5 Å². The summed E-state index contributed by atoms with van der Waals surface area (Å²) in [4.78, 5) is 13.1. The first-order valence-electron chi connectivity index (χ1n) is 28.5. The standard InChI is InChI=1S/C57H109NO8/c1-3-5-7-9-11-13-15-17-19-20-21-22-23-24-25-26-27-28-29-30-31-32-33-35-37-39-41-43-45-47-53(61)58-50(49-65-57-56(64)55(63)54(62)52(48-59)66-57)51(60)46-44-42-40-38-36-34-18-16-14-12-10-8-6-4-2/h21-22,24-25,50-52,54-57,59-60,62-64H,3-20,23,26-49H2,1-2H3,(H,58,61)/b22-21-,25-24-. The van der Waals surface area contributed by atoms with Gasteiger partial charge in [-0.2, -0.15) is 0 Å². The number of aliphatic hydroxyl groups is 5. The highest BCUT2D eigenvalue weighted by Crippen LogP contribution is 2.23. The fourth-order valence-corrected chi connectivity index (χ4v) is 9.25. The second-order valence-corrected chi connectivity index (χ2v) is 20.1. The Morgan fingerprint density at radius 2 is 0.894 bits per heavy atom. The van der Waals surface area contributed by atoms with Gasteiger partial charge in [0.2, 0.25) is 5.91 Å². The second-order valence-electron chi connectivity index (χ2n) is 20.1. The minimum absolute atomic E-state index is 0.135. The zero-order valence-corrected chi connectivity index (χ0v) is 43.2. The van der Waals surface area contributed by atoms with Crippen molar-refractivity contribution in [3.05, 3.63) is 24.3 Å². The maximum Gasteiger partial charge on any atom is 0.220 e. The van der Waals surface area contributed by atoms with Gasteiger partial charge in [0.05, 0.1) is 25.4 Å². The molecular formula is C57H109NO8. The summed E-state index contributed by atoms with van der Waals surface area (Å²) in [5, 5.41) is 54.6. The number of nitrogens with one attached hydrogen (secondary N) is 1. The van der Waals surface area contributed by atoms with Gasteiger partial charge in [0.15, 0.2) is 6.29 Å². The van der Waals surface area contributed by atoms with Crippen molar-refractivity contribution in [2.24, 2.45) is 0 Å². The molecule has 1 aliphatic rings. The highest BCUT2D eigenvalue weighted by atomic mass is 16.7. The number of rotatable bonds is 49. The van der Waals surface area contributed by atoms with E-state index in [2.05, 4.69) is 43.5 Å². The van der Waals surface area contributed by atoms with Crippen molar-refractivity contribution < 1.29 is 39.8 Å². The Morgan fingerprint density at radius 1 is 0.515 bits per heavy atom. The summed E-state index contributed by atoms with van der Waals surface area (Å²) in [6, 6.07) is -0.717. The first kappa shape index (κ1) is 62.7. The number of allylic oxidation sites excluding steroid dienone is 4. The van der Waals surface area contributed by atoms with E-state index >= 15 is 0 Å². The molecule has 66 heavy (non-hydrogen) atoms. The third-order valence-corrected chi connectivity index (χ3v) is 13.8. The van der Waals surface area contributed by atoms with Crippen molar-refractivity contribution in [3.63, 3.8) is 0 Å². The average Bonchev–Trinajstić information content (AvgIpc) is 3.32. The fraction of sp³-hybridized carbons (Fsp3) is 0.912. The van der Waals surface area contributed by atoms with E-state index in [1.54, 1.807) is 0 Å². The normalized spacial score (nSPS) is 19.9. The van der Waals surface area contributed by atoms with E-state index in [9.17, 15) is 30.3 Å². The molecule has 1 fully saturated rings. The lowest BCUT2D eigenvalue weighted by atomic mass is 9.99. The lowest BCUT2D eigenvalue weighted by Crippen LogP contribution is -2.60. The van der Waals surface area contributed by atoms with Crippen LogP contribution in [0, 0.1) is 0 Å². The Hall–Kier alpha value is -1.33. The zero-order valence-electron chi connectivity index (χ0n) is 43.2. The van der Waals surface area contributed by atoms with Crippen LogP contribution in [0.15, 0.2) is 24.3 Å². The third-order valence-electron chi connectivity index (χ3n) is 13.8. The van der Waals surface area contributed by atoms with Crippen LogP contribution >= 0.6 is 0 Å². The minimum atomic E-state index is -1.55. The first-order valence-corrected chi connectivity index (χ1v) is 28.5. The Labute approximate surface area is 407 Å². The Balaban J connectivity index is 2.15. The number of hydrogen-bond donors (Lipinski definition) is 6. The van der Waals surface area contributed by atoms with E-state index in [1.807, 2.05) is 0 Å². The molecule has 1 rings (SSSR count). The molecular weight excluding hydrogens is 827 g/mol. The molecule has 0 saturated carbocycles. The van der Waals surface area contributed by atoms with Gasteiger partial charge in [-0.25, -0.2) is 0 Å². The first-order chi connectivity index (χ1) is 32.3. The summed E-state index contributed by atoms with van der Waals surface area (Å²) >= 11 is 0. The van der Waals surface area contributed by atoms with E-state index in [-0.39, 0.29) is 12.5 Å². The number of aliphatic hydroxyl groups excluding tert-OH is 5. The van der Waals surface area contributed by atoms with Crippen LogP contribution in [0.5, 0.6) is 0 Å². The monoisotopic (exact) mass is 936 g/mol. The van der Waals surface area contributed by atoms with Crippen LogP contribution in [0.3, 0.4) is 0 Å². The highest BCUT2D eigenvalue weighted by Gasteiger charge is 2.44. The van der Waals surface area contributed by atoms with Crippen LogP contribution in [0.4, 0.5) is 0 Å². The molecule has 9 heteroatoms. The number of hydrogen-bond acceptors (Lipinski definition) is 8. The summed E-state index contributed by atoms with van der Waals surface area (Å²) in [6.07, 6.45) is 52.1. The lowest BCUT2D eigenvalue weighted by Gasteiger charge is -2.40. The van der Waals surface area contributed by atoms with Crippen LogP contribution in [0.1, 0.15) is 277 Å². The van der Waals surface area contributed by atoms with Crippen molar-refractivity contribution in [2.75, 3.05) is 13.2 Å². The van der Waals surface area contributed by atoms with E-state index in [1.165, 1.54) is 205 Å². The SMILES string of the molecule is CCCCCCCCCCC/C=C\C/C=C\CCCCCCCCCCCCCCCC(=O)NC(COC1OC(CO)C(O)C(O)C1O)C(O)CCCCCCCCCCCCCCCC. The number of ether oxygens (including phenoxy) is 2. The molecule has 0 aromatic rings. The van der Waals surface area contributed by atoms with Gasteiger partial charge in [0.1, 0.15) is 24.4 Å². The zero-order chi connectivity index (χ0) is 48.0. The molecule has 1 heterocycles. The topological polar surface area (TPSA) is 149 Å². The summed E-state index contributed by atoms with van der Waals surface area (Å²) in [6.45, 7) is 3.86. The van der Waals surface area contributed by atoms with Gasteiger partial charge in [0.25, 0.3) is 0 Å². The summed E-state index contributed by atoms with van der Waals surface area (Å²) in [5.41, 5.74) is 0. The Kier molecular flexibility index (Phi) is 45.0. The molecule has 0 spiro atoms. The molecule has 6 N–H and O–H groups in total. The summed E-state index contributed by atoms with van der Waals surface area (Å²) in [5.74, 6) is -0.142. The van der Waals surface area contributed by atoms with Crippen LogP contribution in [0.2, 0.25) is 0 Å². The molecule has 9 nitrogen and oxygen atoms in total. The predicted octanol–water partition coefficient (Wildman–Crippen LogP) is 13.8. The van der Waals surface area contributed by atoms with Crippen molar-refractivity contribution in [3.8, 4) is 0 Å². The highest BCUT2D eigenvalue weighted by molar-refractivity contribution is 5.76. The molecule has 0 aliphatic carbocycles. The fourth-order valence-electron chi connectivity index (χ4n) is 9.25. The number of unbranched alkanes of at least 4 members (excludes halogenated alkanes) is 35. The van der Waals surface area contributed by atoms with Crippen molar-refractivity contribution in [1.29, 1.82) is 0 Å². The molecule has 7 atom stereocenters. The van der Waals surface area contributed by atoms with Gasteiger partial charge in [-0.1, -0.05) is 250 Å². The summed E-state index contributed by atoms with van der Waals surface area (Å²) in [7, 11) is 0. The maximum absolute atomic E-state index is 13.1. The van der Waals surface area contributed by atoms with Gasteiger partial charge in [-0.05, 0) is 44.9 Å². The van der Waals surface area contributed by atoms with Gasteiger partial charge >= 0.3 is 0 Å². The Morgan fingerprint density at radius 3 is 1.30 bits per heavy atom. The van der Waals surface area contributed by atoms with Crippen LogP contribution in [-0.2, 0) is 14.3 Å². The van der Waals surface area contributed by atoms with Gasteiger partial charge in [-0.15, -0.1) is 0 Å². The molecule has 0 aromatic carbocycles. The molecule has 1 amide bonds. The van der Waals surface area contributed by atoms with E-state index in [4.69, 9.17) is 9.47 Å². The minimum Gasteiger partial charge on any atom is -0.394 e. The van der Waals surface area contributed by atoms with Crippen LogP contribution < -0.4 is 5.32 Å². The van der Waals surface area contributed by atoms with E-state index in [0.717, 1.165) is 44.9 Å². The summed E-state index contributed by atoms with van der Waals surface area (Å²) < 4.78 is 11.3. The molecule has 0 aromatic heterocycles. The molecule has 7 unspecified atom stereocenters. The number of carbonyl (C=O) groups is 1. The second kappa shape index (κ2) is 47.4. The Bertz CT molecular complexity index is 1090. The van der Waals surface area contributed by atoms with Crippen molar-refractivity contribution in [1.82, 2.24) is 5.32 Å². The van der Waals surface area contributed by atoms with Gasteiger partial charge in [0, 0.05) is 6.42 Å². The number of carbonyl (C=O) groups excluding carboxylic acids is 1. The van der Waals surface area contributed by atoms with E-state index in [0.29, 0.717) is 12.8 Å². The molecule has 0 bridgehead atoms. The largest absolute Gasteiger partial charge is 0.394 e. The quantitative estimate of drug-likeness (QED) is 0.0261. The lowest BCUT2D eigenvalue weighted by molar-refractivity contribution is -0.302. The predicted molar refractivity (Wildman–Crippen MR) is 277 cm³/mol. The van der Waals surface area contributed by atoms with Gasteiger partial charge in [-0.3, -0.25) is 4.79 Å². The number of amides is 1. The smallest absolute Gasteiger partial charge is 0.220 e. The maximum atomic E-state index is 13.1. The molecule has 390 valence electrons. The third kappa shape index (κ3) is 36.6. The molecule has 0 radical (unpaired) electrons. The molecule has 1 saturated heterocycles. The van der Waals surface area contributed by atoms with Gasteiger partial charge < -0.3 is 40.3 Å². The molecule has 1 aliphatic heterocycles. The van der Waals surface area contributed by atoms with Crippen LogP contribution in [-0.4, -0.2) is 87.5 Å². The van der Waals surface area contributed by atoms with Crippen molar-refractivity contribution in [2.45, 2.75) is 320 Å².